The summed E-state index contributed by atoms with van der Waals surface area (Å²) in [5, 5.41) is 19.0. The van der Waals surface area contributed by atoms with Crippen LogP contribution >= 0.6 is 11.6 Å². The van der Waals surface area contributed by atoms with Gasteiger partial charge in [-0.3, -0.25) is 9.59 Å². The van der Waals surface area contributed by atoms with Crippen molar-refractivity contribution in [3.63, 3.8) is 0 Å². The molecule has 2 unspecified atom stereocenters. The van der Waals surface area contributed by atoms with Crippen molar-refractivity contribution in [2.75, 3.05) is 0 Å². The molecule has 0 bridgehead atoms. The van der Waals surface area contributed by atoms with E-state index in [4.69, 9.17) is 11.6 Å². The summed E-state index contributed by atoms with van der Waals surface area (Å²) in [6.07, 6.45) is -0.0594. The summed E-state index contributed by atoms with van der Waals surface area (Å²) < 4.78 is 0. The molecule has 0 saturated heterocycles. The molecule has 2 aromatic carbocycles. The fourth-order valence-electron chi connectivity index (χ4n) is 2.40. The maximum absolute atomic E-state index is 12.4. The molecule has 0 radical (unpaired) electrons. The Kier molecular flexibility index (Phi) is 5.51. The van der Waals surface area contributed by atoms with Crippen molar-refractivity contribution in [1.82, 2.24) is 0 Å². The Bertz CT molecular complexity index is 735. The molecular formula is C18H14ClNO3. The predicted molar refractivity (Wildman–Crippen MR) is 86.3 cm³/mol. The molecule has 0 aromatic heterocycles. The van der Waals surface area contributed by atoms with Gasteiger partial charge in [-0.25, -0.2) is 0 Å². The van der Waals surface area contributed by atoms with Crippen molar-refractivity contribution in [2.45, 2.75) is 12.3 Å². The molecule has 2 rings (SSSR count). The minimum absolute atomic E-state index is 0.0594. The SMILES string of the molecule is N#CC(C(=O)O)C(CC(=O)c1ccc(Cl)cc1)c1ccccc1. The fraction of sp³-hybridized carbons (Fsp3) is 0.167. The van der Waals surface area contributed by atoms with E-state index in [0.717, 1.165) is 0 Å². The normalized spacial score (nSPS) is 12.9. The van der Waals surface area contributed by atoms with Gasteiger partial charge in [0.05, 0.1) is 6.07 Å². The Hall–Kier alpha value is -2.64. The van der Waals surface area contributed by atoms with Crippen LogP contribution < -0.4 is 0 Å². The number of carbonyl (C=O) groups is 2. The van der Waals surface area contributed by atoms with Crippen LogP contribution in [0.5, 0.6) is 0 Å². The van der Waals surface area contributed by atoms with Crippen LogP contribution in [-0.2, 0) is 4.79 Å². The number of Topliss-reactive ketones (excluding diaryl/α,β-unsaturated/α-hetero) is 1. The van der Waals surface area contributed by atoms with Gasteiger partial charge in [0, 0.05) is 22.9 Å². The molecule has 5 heteroatoms. The number of ketones is 1. The minimum atomic E-state index is -1.28. The summed E-state index contributed by atoms with van der Waals surface area (Å²) in [7, 11) is 0. The number of carboxylic acid groups (broad SMARTS) is 1. The number of halogens is 1. The maximum atomic E-state index is 12.4. The summed E-state index contributed by atoms with van der Waals surface area (Å²) in [6.45, 7) is 0. The summed E-state index contributed by atoms with van der Waals surface area (Å²) in [4.78, 5) is 23.8. The number of carboxylic acids is 1. The molecule has 0 amide bonds. The number of nitrogens with zero attached hydrogens (tertiary/aromatic N) is 1. The zero-order valence-corrected chi connectivity index (χ0v) is 12.9. The van der Waals surface area contributed by atoms with Gasteiger partial charge in [0.1, 0.15) is 0 Å². The third kappa shape index (κ3) is 4.18. The Morgan fingerprint density at radius 3 is 2.22 bits per heavy atom. The first-order chi connectivity index (χ1) is 11.0. The molecule has 0 saturated carbocycles. The molecule has 0 heterocycles. The van der Waals surface area contributed by atoms with Crippen molar-refractivity contribution >= 4 is 23.4 Å². The van der Waals surface area contributed by atoms with E-state index in [1.165, 1.54) is 0 Å². The lowest BCUT2D eigenvalue weighted by Crippen LogP contribution is -2.23. The van der Waals surface area contributed by atoms with Gasteiger partial charge in [-0.15, -0.1) is 0 Å². The number of aliphatic carboxylic acids is 1. The van der Waals surface area contributed by atoms with Gasteiger partial charge in [0.25, 0.3) is 0 Å². The molecule has 4 nitrogen and oxygen atoms in total. The highest BCUT2D eigenvalue weighted by Gasteiger charge is 2.31. The topological polar surface area (TPSA) is 78.2 Å². The maximum Gasteiger partial charge on any atom is 0.321 e. The van der Waals surface area contributed by atoms with Crippen LogP contribution in [0.15, 0.2) is 54.6 Å². The monoisotopic (exact) mass is 327 g/mol. The number of nitriles is 1. The van der Waals surface area contributed by atoms with Crippen LogP contribution in [-0.4, -0.2) is 16.9 Å². The van der Waals surface area contributed by atoms with Gasteiger partial charge < -0.3 is 5.11 Å². The van der Waals surface area contributed by atoms with Gasteiger partial charge in [0.15, 0.2) is 11.7 Å². The van der Waals surface area contributed by atoms with Crippen molar-refractivity contribution in [2.24, 2.45) is 5.92 Å². The van der Waals surface area contributed by atoms with Crippen LogP contribution in [0.1, 0.15) is 28.3 Å². The molecule has 1 N–H and O–H groups in total. The lowest BCUT2D eigenvalue weighted by atomic mass is 9.82. The smallest absolute Gasteiger partial charge is 0.321 e. The molecule has 0 fully saturated rings. The Morgan fingerprint density at radius 1 is 1.09 bits per heavy atom. The van der Waals surface area contributed by atoms with E-state index in [9.17, 15) is 20.0 Å². The molecule has 0 aliphatic heterocycles. The molecule has 0 spiro atoms. The summed E-state index contributed by atoms with van der Waals surface area (Å²) >= 11 is 5.80. The van der Waals surface area contributed by atoms with E-state index in [2.05, 4.69) is 0 Å². The predicted octanol–water partition coefficient (Wildman–Crippen LogP) is 3.92. The molecule has 0 aliphatic rings. The number of benzene rings is 2. The molecular weight excluding hydrogens is 314 g/mol. The summed E-state index contributed by atoms with van der Waals surface area (Å²) in [5.74, 6) is -3.45. The van der Waals surface area contributed by atoms with Gasteiger partial charge >= 0.3 is 5.97 Å². The lowest BCUT2D eigenvalue weighted by molar-refractivity contribution is -0.140. The largest absolute Gasteiger partial charge is 0.480 e. The van der Waals surface area contributed by atoms with E-state index in [0.29, 0.717) is 16.1 Å². The second-order valence-corrected chi connectivity index (χ2v) is 5.53. The van der Waals surface area contributed by atoms with Gasteiger partial charge in [-0.2, -0.15) is 5.26 Å². The first-order valence-corrected chi connectivity index (χ1v) is 7.37. The van der Waals surface area contributed by atoms with Crippen molar-refractivity contribution in [1.29, 1.82) is 5.26 Å². The zero-order chi connectivity index (χ0) is 16.8. The van der Waals surface area contributed by atoms with E-state index in [-0.39, 0.29) is 12.2 Å². The van der Waals surface area contributed by atoms with Crippen molar-refractivity contribution < 1.29 is 14.7 Å². The van der Waals surface area contributed by atoms with Crippen molar-refractivity contribution in [3.8, 4) is 6.07 Å². The average molecular weight is 328 g/mol. The van der Waals surface area contributed by atoms with E-state index >= 15 is 0 Å². The van der Waals surface area contributed by atoms with Gasteiger partial charge in [0.2, 0.25) is 0 Å². The average Bonchev–Trinajstić information content (AvgIpc) is 2.55. The van der Waals surface area contributed by atoms with E-state index < -0.39 is 17.8 Å². The molecule has 2 aromatic rings. The first kappa shape index (κ1) is 16.7. The Morgan fingerprint density at radius 2 is 1.70 bits per heavy atom. The quantitative estimate of drug-likeness (QED) is 0.815. The number of carbonyl (C=O) groups excluding carboxylic acids is 1. The van der Waals surface area contributed by atoms with E-state index in [1.54, 1.807) is 60.7 Å². The van der Waals surface area contributed by atoms with Crippen molar-refractivity contribution in [3.05, 3.63) is 70.7 Å². The van der Waals surface area contributed by atoms with Crippen LogP contribution in [0.4, 0.5) is 0 Å². The third-order valence-electron chi connectivity index (χ3n) is 3.61. The number of hydrogen-bond donors (Lipinski definition) is 1. The summed E-state index contributed by atoms with van der Waals surface area (Å²) in [5.41, 5.74) is 1.10. The molecule has 116 valence electrons. The first-order valence-electron chi connectivity index (χ1n) is 6.99. The standard InChI is InChI=1S/C18H14ClNO3/c19-14-8-6-13(7-9-14)17(21)10-15(16(11-20)18(22)23)12-4-2-1-3-5-12/h1-9,15-16H,10H2,(H,22,23). The second-order valence-electron chi connectivity index (χ2n) is 5.10. The minimum Gasteiger partial charge on any atom is -0.480 e. The van der Waals surface area contributed by atoms with E-state index in [1.807, 2.05) is 0 Å². The molecule has 0 aliphatic carbocycles. The molecule has 23 heavy (non-hydrogen) atoms. The van der Waals surface area contributed by atoms with Crippen LogP contribution in [0.25, 0.3) is 0 Å². The molecule has 2 atom stereocenters. The van der Waals surface area contributed by atoms with Gasteiger partial charge in [-0.05, 0) is 29.8 Å². The highest BCUT2D eigenvalue weighted by Crippen LogP contribution is 2.30. The highest BCUT2D eigenvalue weighted by atomic mass is 35.5. The summed E-state index contributed by atoms with van der Waals surface area (Å²) in [6, 6.07) is 16.9. The number of hydrogen-bond acceptors (Lipinski definition) is 3. The highest BCUT2D eigenvalue weighted by molar-refractivity contribution is 6.30. The van der Waals surface area contributed by atoms with Crippen LogP contribution in [0.2, 0.25) is 5.02 Å². The Labute approximate surface area is 138 Å². The lowest BCUT2D eigenvalue weighted by Gasteiger charge is -2.19. The van der Waals surface area contributed by atoms with Crippen LogP contribution in [0.3, 0.4) is 0 Å². The fourth-order valence-corrected chi connectivity index (χ4v) is 2.53. The zero-order valence-electron chi connectivity index (χ0n) is 12.1. The number of rotatable bonds is 6. The second kappa shape index (κ2) is 7.57. The van der Waals surface area contributed by atoms with Gasteiger partial charge in [-0.1, -0.05) is 41.9 Å². The third-order valence-corrected chi connectivity index (χ3v) is 3.86. The van der Waals surface area contributed by atoms with Crippen LogP contribution in [0, 0.1) is 17.2 Å². The Balaban J connectivity index is 2.31.